The van der Waals surface area contributed by atoms with Crippen molar-refractivity contribution < 1.29 is 19.4 Å². The number of guanidine groups is 1. The quantitative estimate of drug-likeness (QED) is 0.623. The van der Waals surface area contributed by atoms with Gasteiger partial charge in [0.25, 0.3) is 5.91 Å². The lowest BCUT2D eigenvalue weighted by Crippen LogP contribution is -2.47. The van der Waals surface area contributed by atoms with Crippen LogP contribution in [0.3, 0.4) is 0 Å². The highest BCUT2D eigenvalue weighted by atomic mass is 16.5. The molecule has 3 aliphatic heterocycles. The van der Waals surface area contributed by atoms with Gasteiger partial charge in [0.15, 0.2) is 11.5 Å². The highest BCUT2D eigenvalue weighted by Crippen LogP contribution is 2.43. The average molecular weight is 479 g/mol. The first-order valence-corrected chi connectivity index (χ1v) is 11.9. The lowest BCUT2D eigenvalue weighted by atomic mass is 10.1. The van der Waals surface area contributed by atoms with Gasteiger partial charge in [0, 0.05) is 30.5 Å². The molecule has 2 N–H and O–H groups in total. The number of aliphatic hydroxyl groups excluding tert-OH is 1. The first-order chi connectivity index (χ1) is 17.0. The number of ether oxygens (including phenoxy) is 2. The summed E-state index contributed by atoms with van der Waals surface area (Å²) in [6.07, 6.45) is 3.39. The van der Waals surface area contributed by atoms with Crippen molar-refractivity contribution in [2.75, 3.05) is 46.4 Å². The molecule has 35 heavy (non-hydrogen) atoms. The molecule has 1 amide bonds. The van der Waals surface area contributed by atoms with Crippen LogP contribution in [0, 0.1) is 6.92 Å². The van der Waals surface area contributed by atoms with Crippen LogP contribution < -0.4 is 14.8 Å². The monoisotopic (exact) mass is 478 g/mol. The molecule has 184 valence electrons. The van der Waals surface area contributed by atoms with E-state index in [1.165, 1.54) is 12.8 Å². The third kappa shape index (κ3) is 4.71. The molecule has 1 aromatic carbocycles. The molecule has 0 unspecified atom stereocenters. The van der Waals surface area contributed by atoms with E-state index in [2.05, 4.69) is 20.2 Å². The van der Waals surface area contributed by atoms with Crippen LogP contribution in [-0.4, -0.2) is 90.1 Å². The van der Waals surface area contributed by atoms with E-state index in [1.807, 2.05) is 17.0 Å². The van der Waals surface area contributed by atoms with Gasteiger partial charge in [-0.3, -0.25) is 25.0 Å². The molecule has 0 bridgehead atoms. The molecular formula is C25H30N6O4. The number of methoxy groups -OCH3 is 1. The number of pyridine rings is 1. The van der Waals surface area contributed by atoms with Crippen LogP contribution in [0.5, 0.6) is 11.5 Å². The highest BCUT2D eigenvalue weighted by molar-refractivity contribution is 6.20. The molecule has 1 saturated heterocycles. The minimum atomic E-state index is -0.607. The number of benzene rings is 1. The molecule has 10 heteroatoms. The number of amidine groups is 1. The van der Waals surface area contributed by atoms with Crippen molar-refractivity contribution in [1.29, 1.82) is 0 Å². The van der Waals surface area contributed by atoms with Crippen LogP contribution in [0.25, 0.3) is 0 Å². The number of nitrogens with zero attached hydrogens (tertiary/aromatic N) is 5. The molecule has 2 aromatic rings. The van der Waals surface area contributed by atoms with Gasteiger partial charge in [-0.05, 0) is 57.1 Å². The number of amides is 1. The third-order valence-corrected chi connectivity index (χ3v) is 6.43. The molecular weight excluding hydrogens is 448 g/mol. The fourth-order valence-electron chi connectivity index (χ4n) is 4.70. The van der Waals surface area contributed by atoms with E-state index in [9.17, 15) is 9.90 Å². The Hall–Kier alpha value is -3.50. The zero-order valence-corrected chi connectivity index (χ0v) is 20.0. The Labute approximate surface area is 204 Å². The predicted octanol–water partition coefficient (Wildman–Crippen LogP) is 1.73. The summed E-state index contributed by atoms with van der Waals surface area (Å²) in [5.41, 5.74) is 2.46. The Bertz CT molecular complexity index is 1170. The van der Waals surface area contributed by atoms with E-state index in [1.54, 1.807) is 32.4 Å². The molecule has 10 nitrogen and oxygen atoms in total. The van der Waals surface area contributed by atoms with Crippen molar-refractivity contribution in [3.05, 3.63) is 47.3 Å². The van der Waals surface area contributed by atoms with E-state index >= 15 is 0 Å². The first kappa shape index (κ1) is 23.3. The molecule has 1 aromatic heterocycles. The minimum Gasteiger partial charge on any atom is -0.491 e. The number of carbonyl (C=O) groups excluding carboxylic acids is 1. The summed E-state index contributed by atoms with van der Waals surface area (Å²) in [6, 6.07) is 7.17. The van der Waals surface area contributed by atoms with Gasteiger partial charge in [0.2, 0.25) is 5.96 Å². The fraction of sp³-hybridized carbons (Fsp3) is 0.440. The molecule has 0 radical (unpaired) electrons. The molecule has 4 heterocycles. The number of aryl methyl sites for hydroxylation is 1. The first-order valence-electron chi connectivity index (χ1n) is 11.9. The molecule has 0 saturated carbocycles. The normalized spacial score (nSPS) is 17.9. The maximum atomic E-state index is 13.0. The van der Waals surface area contributed by atoms with E-state index in [-0.39, 0.29) is 12.5 Å². The van der Waals surface area contributed by atoms with E-state index < -0.39 is 6.10 Å². The second-order valence-corrected chi connectivity index (χ2v) is 8.85. The molecule has 1 fully saturated rings. The largest absolute Gasteiger partial charge is 0.491 e. The van der Waals surface area contributed by atoms with Crippen molar-refractivity contribution in [2.45, 2.75) is 25.9 Å². The number of fused-ring (bicyclic) bond motifs is 3. The van der Waals surface area contributed by atoms with Crippen LogP contribution in [0.15, 0.2) is 40.4 Å². The van der Waals surface area contributed by atoms with Crippen LogP contribution in [-0.2, 0) is 0 Å². The molecule has 5 rings (SSSR count). The van der Waals surface area contributed by atoms with Crippen LogP contribution >= 0.6 is 0 Å². The second-order valence-electron chi connectivity index (χ2n) is 8.85. The molecule has 3 aliphatic rings. The fourth-order valence-corrected chi connectivity index (χ4v) is 4.70. The average Bonchev–Trinajstić information content (AvgIpc) is 3.55. The summed E-state index contributed by atoms with van der Waals surface area (Å²) in [7, 11) is 1.55. The summed E-state index contributed by atoms with van der Waals surface area (Å²) in [6.45, 7) is 5.76. The lowest BCUT2D eigenvalue weighted by Gasteiger charge is -2.29. The van der Waals surface area contributed by atoms with Gasteiger partial charge < -0.3 is 19.5 Å². The Balaban J connectivity index is 1.40. The van der Waals surface area contributed by atoms with Gasteiger partial charge in [0.1, 0.15) is 24.2 Å². The van der Waals surface area contributed by atoms with Crippen molar-refractivity contribution in [3.8, 4) is 11.5 Å². The predicted molar refractivity (Wildman–Crippen MR) is 132 cm³/mol. The number of aliphatic imine (C=N–C) groups is 2. The molecule has 1 atom stereocenters. The zero-order chi connectivity index (χ0) is 24.4. The summed E-state index contributed by atoms with van der Waals surface area (Å²) in [5.74, 6) is 1.74. The summed E-state index contributed by atoms with van der Waals surface area (Å²) in [5, 5.41) is 13.4. The SMILES string of the molecule is COc1c(OC[C@H](O)CN2CCCC2)ccc2c1N=C(NC(=O)c1cccnc1C)N1CCN=C21. The van der Waals surface area contributed by atoms with Gasteiger partial charge in [-0.1, -0.05) is 0 Å². The van der Waals surface area contributed by atoms with Gasteiger partial charge >= 0.3 is 0 Å². The van der Waals surface area contributed by atoms with Gasteiger partial charge in [-0.15, -0.1) is 0 Å². The Morgan fingerprint density at radius 1 is 1.23 bits per heavy atom. The highest BCUT2D eigenvalue weighted by Gasteiger charge is 2.33. The minimum absolute atomic E-state index is 0.145. The summed E-state index contributed by atoms with van der Waals surface area (Å²) >= 11 is 0. The summed E-state index contributed by atoms with van der Waals surface area (Å²) in [4.78, 5) is 30.7. The van der Waals surface area contributed by atoms with Crippen molar-refractivity contribution in [1.82, 2.24) is 20.1 Å². The van der Waals surface area contributed by atoms with Gasteiger partial charge in [-0.2, -0.15) is 0 Å². The number of carbonyl (C=O) groups is 1. The number of rotatable bonds is 7. The Morgan fingerprint density at radius 3 is 2.83 bits per heavy atom. The maximum absolute atomic E-state index is 13.0. The Kier molecular flexibility index (Phi) is 6.65. The number of β-amino-alcohol motifs (C(OH)–C–C–N with tert-alkyl or cyclic N) is 1. The van der Waals surface area contributed by atoms with Gasteiger partial charge in [0.05, 0.1) is 19.2 Å². The molecule has 0 spiro atoms. The number of hydrogen-bond acceptors (Lipinski definition) is 9. The number of aliphatic hydroxyl groups is 1. The Morgan fingerprint density at radius 2 is 2.06 bits per heavy atom. The number of nitrogens with one attached hydrogen (secondary N) is 1. The number of hydrogen-bond donors (Lipinski definition) is 2. The topological polar surface area (TPSA) is 112 Å². The summed E-state index contributed by atoms with van der Waals surface area (Å²) < 4.78 is 11.7. The third-order valence-electron chi connectivity index (χ3n) is 6.43. The van der Waals surface area contributed by atoms with E-state index in [4.69, 9.17) is 14.5 Å². The van der Waals surface area contributed by atoms with E-state index in [0.717, 1.165) is 24.5 Å². The number of likely N-dealkylation sites (tertiary alicyclic amines) is 1. The van der Waals surface area contributed by atoms with Gasteiger partial charge in [-0.25, -0.2) is 4.99 Å². The van der Waals surface area contributed by atoms with E-state index in [0.29, 0.717) is 54.0 Å². The van der Waals surface area contributed by atoms with Crippen molar-refractivity contribution in [2.24, 2.45) is 9.98 Å². The van der Waals surface area contributed by atoms with Crippen LogP contribution in [0.4, 0.5) is 5.69 Å². The maximum Gasteiger partial charge on any atom is 0.259 e. The smallest absolute Gasteiger partial charge is 0.259 e. The standard InChI is InChI=1S/C25H30N6O4/c1-16-18(6-5-9-26-16)24(33)29-25-28-21-19(23-27-10-13-31(23)25)7-8-20(22(21)34-2)35-15-17(32)14-30-11-3-4-12-30/h5-9,17,32H,3-4,10-15H2,1-2H3,(H,28,29,33)/t17-/m1/s1. The van der Waals surface area contributed by atoms with Crippen molar-refractivity contribution >= 4 is 23.4 Å². The molecule has 0 aliphatic carbocycles. The zero-order valence-electron chi connectivity index (χ0n) is 20.0. The van der Waals surface area contributed by atoms with Crippen LogP contribution in [0.2, 0.25) is 0 Å². The second kappa shape index (κ2) is 10.0. The number of aromatic nitrogens is 1. The van der Waals surface area contributed by atoms with Crippen molar-refractivity contribution in [3.63, 3.8) is 0 Å². The lowest BCUT2D eigenvalue weighted by molar-refractivity contribution is 0.0747. The van der Waals surface area contributed by atoms with Crippen LogP contribution in [0.1, 0.15) is 34.5 Å².